The molecule has 1 atom stereocenters. The van der Waals surface area contributed by atoms with E-state index < -0.39 is 0 Å². The molecule has 0 saturated heterocycles. The molecule has 0 bridgehead atoms. The molecule has 0 aliphatic carbocycles. The summed E-state index contributed by atoms with van der Waals surface area (Å²) in [7, 11) is 1.83. The van der Waals surface area contributed by atoms with Gasteiger partial charge in [0.15, 0.2) is 0 Å². The monoisotopic (exact) mass is 201 g/mol. The van der Waals surface area contributed by atoms with Gasteiger partial charge in [0, 0.05) is 19.7 Å². The van der Waals surface area contributed by atoms with Gasteiger partial charge < -0.3 is 9.64 Å². The number of hydrogen-bond donors (Lipinski definition) is 0. The zero-order valence-corrected chi connectivity index (χ0v) is 10.3. The van der Waals surface area contributed by atoms with Gasteiger partial charge in [0.2, 0.25) is 5.91 Å². The quantitative estimate of drug-likeness (QED) is 0.695. The van der Waals surface area contributed by atoms with E-state index in [4.69, 9.17) is 4.74 Å². The normalized spacial score (nSPS) is 13.9. The second-order valence-corrected chi connectivity index (χ2v) is 4.68. The summed E-state index contributed by atoms with van der Waals surface area (Å²) in [6.07, 6.45) is 0. The van der Waals surface area contributed by atoms with Crippen LogP contribution in [0.4, 0.5) is 0 Å². The first-order valence-corrected chi connectivity index (χ1v) is 5.14. The van der Waals surface area contributed by atoms with Crippen molar-refractivity contribution in [3.05, 3.63) is 0 Å². The number of carbonyl (C=O) groups excluding carboxylic acids is 1. The van der Waals surface area contributed by atoms with E-state index in [1.54, 1.807) is 4.90 Å². The third-order valence-corrected chi connectivity index (χ3v) is 2.66. The Labute approximate surface area is 87.4 Å². The molecule has 0 rings (SSSR count). The summed E-state index contributed by atoms with van der Waals surface area (Å²) in [5.74, 6) is 0.0503. The van der Waals surface area contributed by atoms with Crippen molar-refractivity contribution in [1.29, 1.82) is 0 Å². The van der Waals surface area contributed by atoms with Crippen LogP contribution in [0.15, 0.2) is 0 Å². The van der Waals surface area contributed by atoms with Crippen molar-refractivity contribution in [3.8, 4) is 0 Å². The van der Waals surface area contributed by atoms with Gasteiger partial charge in [0.25, 0.3) is 0 Å². The second-order valence-electron chi connectivity index (χ2n) is 4.68. The number of amides is 1. The number of likely N-dealkylation sites (N-methyl/N-ethyl adjacent to an activating group) is 1. The van der Waals surface area contributed by atoms with Crippen molar-refractivity contribution >= 4 is 5.91 Å². The molecule has 0 aliphatic rings. The van der Waals surface area contributed by atoms with Crippen LogP contribution in [0.25, 0.3) is 0 Å². The molecule has 1 unspecified atom stereocenters. The lowest BCUT2D eigenvalue weighted by molar-refractivity contribution is -0.138. The van der Waals surface area contributed by atoms with Gasteiger partial charge in [-0.1, -0.05) is 20.8 Å². The Hall–Kier alpha value is -0.570. The van der Waals surface area contributed by atoms with Crippen molar-refractivity contribution in [1.82, 2.24) is 4.90 Å². The second kappa shape index (κ2) is 5.35. The van der Waals surface area contributed by atoms with Gasteiger partial charge in [0.1, 0.15) is 6.61 Å². The summed E-state index contributed by atoms with van der Waals surface area (Å²) in [5, 5.41) is 0. The van der Waals surface area contributed by atoms with E-state index in [-0.39, 0.29) is 24.0 Å². The zero-order chi connectivity index (χ0) is 11.4. The molecule has 0 aromatic rings. The van der Waals surface area contributed by atoms with Gasteiger partial charge in [-0.25, -0.2) is 0 Å². The molecule has 84 valence electrons. The highest BCUT2D eigenvalue weighted by Gasteiger charge is 2.26. The van der Waals surface area contributed by atoms with E-state index in [2.05, 4.69) is 27.7 Å². The molecule has 0 fully saturated rings. The predicted molar refractivity (Wildman–Crippen MR) is 58.2 cm³/mol. The maximum Gasteiger partial charge on any atom is 0.248 e. The Morgan fingerprint density at radius 2 is 1.93 bits per heavy atom. The molecular weight excluding hydrogens is 178 g/mol. The van der Waals surface area contributed by atoms with Crippen molar-refractivity contribution in [2.24, 2.45) is 5.41 Å². The molecule has 14 heavy (non-hydrogen) atoms. The first-order valence-electron chi connectivity index (χ1n) is 5.14. The first-order chi connectivity index (χ1) is 6.30. The lowest BCUT2D eigenvalue weighted by Gasteiger charge is -2.35. The number of ether oxygens (including phenoxy) is 1. The number of rotatable bonds is 4. The van der Waals surface area contributed by atoms with Gasteiger partial charge in [-0.3, -0.25) is 4.79 Å². The number of nitrogens with zero attached hydrogens (tertiary/aromatic N) is 1. The van der Waals surface area contributed by atoms with Gasteiger partial charge in [0.05, 0.1) is 0 Å². The average molecular weight is 201 g/mol. The van der Waals surface area contributed by atoms with Crippen LogP contribution in [-0.4, -0.2) is 37.1 Å². The maximum absolute atomic E-state index is 11.6. The molecule has 0 spiro atoms. The maximum atomic E-state index is 11.6. The molecule has 0 aromatic heterocycles. The molecule has 1 amide bonds. The van der Waals surface area contributed by atoms with Crippen LogP contribution in [0, 0.1) is 5.41 Å². The van der Waals surface area contributed by atoms with Crippen LogP contribution < -0.4 is 0 Å². The van der Waals surface area contributed by atoms with E-state index in [1.165, 1.54) is 0 Å². The number of carbonyl (C=O) groups is 1. The minimum absolute atomic E-state index is 0.0503. The SMILES string of the molecule is CCOCC(=O)N(C)C(C)C(C)(C)C. The van der Waals surface area contributed by atoms with Crippen molar-refractivity contribution in [3.63, 3.8) is 0 Å². The highest BCUT2D eigenvalue weighted by molar-refractivity contribution is 5.77. The standard InChI is InChI=1S/C11H23NO2/c1-7-14-8-10(13)12(6)9(2)11(3,4)5/h9H,7-8H2,1-6H3. The average Bonchev–Trinajstić information content (AvgIpc) is 2.10. The van der Waals surface area contributed by atoms with Gasteiger partial charge >= 0.3 is 0 Å². The van der Waals surface area contributed by atoms with E-state index in [0.717, 1.165) is 0 Å². The molecule has 0 aromatic carbocycles. The van der Waals surface area contributed by atoms with E-state index in [1.807, 2.05) is 14.0 Å². The molecule has 3 heteroatoms. The van der Waals surface area contributed by atoms with Gasteiger partial charge in [-0.05, 0) is 19.3 Å². The lowest BCUT2D eigenvalue weighted by atomic mass is 9.87. The molecular formula is C11H23NO2. The highest BCUT2D eigenvalue weighted by atomic mass is 16.5. The van der Waals surface area contributed by atoms with Gasteiger partial charge in [-0.2, -0.15) is 0 Å². The molecule has 3 nitrogen and oxygen atoms in total. The Bertz CT molecular complexity index is 184. The summed E-state index contributed by atoms with van der Waals surface area (Å²) < 4.78 is 5.09. The first kappa shape index (κ1) is 13.4. The Balaban J connectivity index is 4.18. The van der Waals surface area contributed by atoms with Crippen LogP contribution in [0.3, 0.4) is 0 Å². The van der Waals surface area contributed by atoms with Crippen molar-refractivity contribution < 1.29 is 9.53 Å². The van der Waals surface area contributed by atoms with Crippen LogP contribution in [0.2, 0.25) is 0 Å². The van der Waals surface area contributed by atoms with Crippen LogP contribution in [0.5, 0.6) is 0 Å². The molecule has 0 radical (unpaired) electrons. The molecule has 0 heterocycles. The molecule has 0 aliphatic heterocycles. The zero-order valence-electron chi connectivity index (χ0n) is 10.3. The minimum Gasteiger partial charge on any atom is -0.372 e. The molecule has 0 saturated carbocycles. The third kappa shape index (κ3) is 4.09. The largest absolute Gasteiger partial charge is 0.372 e. The van der Waals surface area contributed by atoms with E-state index in [0.29, 0.717) is 6.61 Å². The Morgan fingerprint density at radius 3 is 2.29 bits per heavy atom. The predicted octanol–water partition coefficient (Wildman–Crippen LogP) is 1.92. The molecule has 0 N–H and O–H groups in total. The summed E-state index contributed by atoms with van der Waals surface area (Å²) in [6.45, 7) is 11.1. The van der Waals surface area contributed by atoms with Crippen LogP contribution >= 0.6 is 0 Å². The van der Waals surface area contributed by atoms with Crippen molar-refractivity contribution in [2.45, 2.75) is 40.7 Å². The van der Waals surface area contributed by atoms with Crippen molar-refractivity contribution in [2.75, 3.05) is 20.3 Å². The number of hydrogen-bond acceptors (Lipinski definition) is 2. The van der Waals surface area contributed by atoms with Crippen LogP contribution in [0.1, 0.15) is 34.6 Å². The summed E-state index contributed by atoms with van der Waals surface area (Å²) in [6, 6.07) is 0.218. The van der Waals surface area contributed by atoms with Gasteiger partial charge in [-0.15, -0.1) is 0 Å². The Morgan fingerprint density at radius 1 is 1.43 bits per heavy atom. The van der Waals surface area contributed by atoms with Crippen LogP contribution in [-0.2, 0) is 9.53 Å². The topological polar surface area (TPSA) is 29.5 Å². The van der Waals surface area contributed by atoms with E-state index >= 15 is 0 Å². The third-order valence-electron chi connectivity index (χ3n) is 2.66. The minimum atomic E-state index is 0.0503. The summed E-state index contributed by atoms with van der Waals surface area (Å²) in [4.78, 5) is 13.4. The fourth-order valence-corrected chi connectivity index (χ4v) is 1.09. The van der Waals surface area contributed by atoms with E-state index in [9.17, 15) is 4.79 Å². The summed E-state index contributed by atoms with van der Waals surface area (Å²) >= 11 is 0. The Kier molecular flexibility index (Phi) is 5.13. The fraction of sp³-hybridized carbons (Fsp3) is 0.909. The smallest absolute Gasteiger partial charge is 0.248 e. The summed E-state index contributed by atoms with van der Waals surface area (Å²) in [5.41, 5.74) is 0.108. The highest BCUT2D eigenvalue weighted by Crippen LogP contribution is 2.22. The lowest BCUT2D eigenvalue weighted by Crippen LogP contribution is -2.44. The fourth-order valence-electron chi connectivity index (χ4n) is 1.09.